The van der Waals surface area contributed by atoms with Crippen LogP contribution in [0.2, 0.25) is 0 Å². The molecule has 0 aromatic heterocycles. The predicted octanol–water partition coefficient (Wildman–Crippen LogP) is -10.9. The maximum absolute atomic E-state index is 9.70. The second-order valence-corrected chi connectivity index (χ2v) is 34.4. The van der Waals surface area contributed by atoms with Gasteiger partial charge in [-0.15, -0.1) is 0 Å². The number of hydrogen-bond donors (Lipinski definition) is 32. The molecule has 708 valence electrons. The molecule has 9 rings (SSSR count). The minimum atomic E-state index is -1.24. The summed E-state index contributed by atoms with van der Waals surface area (Å²) in [6, 6.07) is -2.59. The second kappa shape index (κ2) is 54.5. The fourth-order valence-corrected chi connectivity index (χ4v) is 14.5. The highest BCUT2D eigenvalue weighted by atomic mass is 16.6. The number of aliphatic hydroxyl groups is 28. The molecule has 118 heavy (non-hydrogen) atoms. The second-order valence-electron chi connectivity index (χ2n) is 34.4. The van der Waals surface area contributed by atoms with E-state index in [1.807, 2.05) is 104 Å². The molecule has 0 aliphatic carbocycles. The Balaban J connectivity index is 0.000000664. The summed E-state index contributed by atoms with van der Waals surface area (Å²) in [5.41, 5.74) is 22.6. The first-order valence-corrected chi connectivity index (χ1v) is 41.1. The number of ether oxygens (including phenoxy) is 9. The molecule has 36 N–H and O–H groups in total. The summed E-state index contributed by atoms with van der Waals surface area (Å²) in [6.45, 7) is 31.6. The number of aliphatic hydroxyl groups excluding tert-OH is 28. The van der Waals surface area contributed by atoms with Crippen molar-refractivity contribution >= 4 is 0 Å². The van der Waals surface area contributed by atoms with Crippen molar-refractivity contribution < 1.29 is 186 Å². The highest BCUT2D eigenvalue weighted by molar-refractivity contribution is 5.00. The molecule has 9 heterocycles. The Labute approximate surface area is 693 Å². The van der Waals surface area contributed by atoms with Gasteiger partial charge >= 0.3 is 0 Å². The summed E-state index contributed by atoms with van der Waals surface area (Å²) in [7, 11) is 0. The molecule has 9 aliphatic rings. The molecule has 41 heteroatoms. The number of nitrogens with two attached hydrogens (primary N) is 4. The molecular weight excluding hydrogens is 1570 g/mol. The van der Waals surface area contributed by atoms with E-state index in [0.29, 0.717) is 6.42 Å². The van der Waals surface area contributed by atoms with Crippen LogP contribution in [0.15, 0.2) is 0 Å². The summed E-state index contributed by atoms with van der Waals surface area (Å²) < 4.78 is 47.9. The predicted molar refractivity (Wildman–Crippen MR) is 421 cm³/mol. The van der Waals surface area contributed by atoms with Crippen LogP contribution in [-0.2, 0) is 42.6 Å². The first-order chi connectivity index (χ1) is 54.6. The zero-order valence-electron chi connectivity index (χ0n) is 71.7. The van der Waals surface area contributed by atoms with Gasteiger partial charge in [-0.05, 0) is 69.1 Å². The molecule has 17 unspecified atom stereocenters. The monoisotopic (exact) mass is 1730 g/mol. The summed E-state index contributed by atoms with van der Waals surface area (Å²) in [5, 5.41) is 261. The quantitative estimate of drug-likeness (QED) is 0.0768. The zero-order valence-corrected chi connectivity index (χ0v) is 71.7. The van der Waals surface area contributed by atoms with Crippen LogP contribution in [-0.4, -0.2) is 451 Å². The summed E-state index contributed by atoms with van der Waals surface area (Å²) in [4.78, 5) is 0. The van der Waals surface area contributed by atoms with E-state index in [9.17, 15) is 107 Å². The van der Waals surface area contributed by atoms with Crippen molar-refractivity contribution in [3.8, 4) is 0 Å². The molecule has 9 saturated heterocycles. The molecule has 0 aromatic carbocycles. The van der Waals surface area contributed by atoms with Crippen molar-refractivity contribution in [1.29, 1.82) is 0 Å². The summed E-state index contributed by atoms with van der Waals surface area (Å²) in [6.07, 6.45) is -29.3. The Morgan fingerprint density at radius 3 is 0.864 bits per heavy atom. The van der Waals surface area contributed by atoms with E-state index in [1.165, 1.54) is 0 Å². The maximum atomic E-state index is 9.70. The van der Waals surface area contributed by atoms with Gasteiger partial charge in [0.2, 0.25) is 0 Å². The van der Waals surface area contributed by atoms with E-state index in [1.54, 1.807) is 20.8 Å². The Morgan fingerprint density at radius 1 is 0.203 bits per heavy atom. The van der Waals surface area contributed by atoms with Gasteiger partial charge in [-0.3, -0.25) is 0 Å². The zero-order chi connectivity index (χ0) is 91.6. The van der Waals surface area contributed by atoms with E-state index < -0.39 is 226 Å². The van der Waals surface area contributed by atoms with Crippen LogP contribution >= 0.6 is 0 Å². The molecular formula is C77H158N4O37. The van der Waals surface area contributed by atoms with Crippen LogP contribution in [0.5, 0.6) is 0 Å². The van der Waals surface area contributed by atoms with Crippen molar-refractivity contribution in [2.75, 3.05) is 46.2 Å². The van der Waals surface area contributed by atoms with E-state index in [-0.39, 0.29) is 131 Å². The van der Waals surface area contributed by atoms with E-state index in [2.05, 4.69) is 0 Å². The third-order valence-corrected chi connectivity index (χ3v) is 22.4. The van der Waals surface area contributed by atoms with E-state index in [4.69, 9.17) is 101 Å². The lowest BCUT2D eigenvalue weighted by atomic mass is 9.88. The van der Waals surface area contributed by atoms with Gasteiger partial charge in [-0.2, -0.15) is 0 Å². The number of hydrogen-bond acceptors (Lipinski definition) is 41. The molecule has 0 aromatic rings. The van der Waals surface area contributed by atoms with Gasteiger partial charge in [0.1, 0.15) is 128 Å². The van der Waals surface area contributed by atoms with E-state index in [0.717, 1.165) is 0 Å². The van der Waals surface area contributed by atoms with Crippen LogP contribution in [0.25, 0.3) is 0 Å². The Kier molecular flexibility index (Phi) is 52.8. The molecule has 43 atom stereocenters. The molecule has 0 radical (unpaired) electrons. The van der Waals surface area contributed by atoms with Crippen LogP contribution in [0.3, 0.4) is 0 Å². The standard InChI is InChI=1S/3C9H19NO4.C9H19NO3.3C9H18O4.2C7H14O5/c1-4(2)9-6(10)8(13)7(12)5(3-11)14-9;1-4(2)9-8(13)6(10)7(12)5(3-11)14-9;1-4(2)9-8(13)7(12)6(10)5(3-11)14-9;1-4(2)9-8(12)7(11)6(10)5(3)13-9;1-5(2)9-7(12)3-6(11)8(4-10)13-9;1-5(2)9-8(12)7(11)3-6(4-10)13-9;1-4(2)9-8(12)7(11)6(10)5(3)13-9;2*1-3-5(9)7(11)6(10)4(2-8)12-3/h3*4-9,11-13H,3,10H2,1-2H3;4-9,11-12H,10H2,1-3H3;2*5-12H,3-4H2,1-2H3;4-12H,1-3H3;2*3-11H,2H2,1H3/t5?,6-,7+,8?,9-;5?,6?,7-,8+,9+;2*5?,6-,7?,8+,9+;6-,7-,8?,9-;6?,7?,8-,9-;5?,6-,7?,8+,9+;3-,4?,5+,6+,7?;3-,4?,5-,6+,7?/m011100111/s1. The van der Waals surface area contributed by atoms with Crippen molar-refractivity contribution in [3.05, 3.63) is 0 Å². The molecule has 0 saturated carbocycles. The van der Waals surface area contributed by atoms with Crippen molar-refractivity contribution in [2.24, 2.45) is 64.4 Å². The Morgan fingerprint density at radius 2 is 0.483 bits per heavy atom. The maximum Gasteiger partial charge on any atom is 0.111 e. The lowest BCUT2D eigenvalue weighted by molar-refractivity contribution is -0.226. The van der Waals surface area contributed by atoms with Crippen molar-refractivity contribution in [2.45, 2.75) is 400 Å². The van der Waals surface area contributed by atoms with E-state index >= 15 is 0 Å². The van der Waals surface area contributed by atoms with Crippen LogP contribution in [0.1, 0.15) is 137 Å². The first-order valence-electron chi connectivity index (χ1n) is 41.1. The van der Waals surface area contributed by atoms with Gasteiger partial charge in [0.05, 0.1) is 180 Å². The largest absolute Gasteiger partial charge is 0.394 e. The topological polar surface area (TPSA) is 754 Å². The fourth-order valence-electron chi connectivity index (χ4n) is 14.5. The van der Waals surface area contributed by atoms with Crippen molar-refractivity contribution in [1.82, 2.24) is 0 Å². The highest BCUT2D eigenvalue weighted by Crippen LogP contribution is 2.32. The third-order valence-electron chi connectivity index (χ3n) is 22.4. The summed E-state index contributed by atoms with van der Waals surface area (Å²) >= 11 is 0. The van der Waals surface area contributed by atoms with Gasteiger partial charge < -0.3 is 209 Å². The fraction of sp³-hybridized carbons (Fsp3) is 1.00. The lowest BCUT2D eigenvalue weighted by Crippen LogP contribution is -2.63. The smallest absolute Gasteiger partial charge is 0.111 e. The molecule has 9 aliphatic heterocycles. The van der Waals surface area contributed by atoms with Crippen LogP contribution in [0, 0.1) is 41.4 Å². The van der Waals surface area contributed by atoms with Gasteiger partial charge in [0, 0.05) is 12.8 Å². The molecule has 41 nitrogen and oxygen atoms in total. The van der Waals surface area contributed by atoms with Gasteiger partial charge in [0.15, 0.2) is 0 Å². The molecule has 0 amide bonds. The SMILES string of the molecule is CC(C)[C@@H]1OC(CO)CC(O)[C@@H]1O.CC(C)[C@@H]1OC(CO)[C@@H](N)C(O)[C@@H]1O.CC(C)[C@@H]1OC(CO)[C@@H](O)C(N)[C@@H]1O.CC(C)[C@@H]1OC(CO)[C@@H](O)C(O)[C@@H]1N.CC(C)[C@@H]1OC(CO)[C@@H](O)C[C@@H]1O.CC1O[C@@H](C(C)C)[C@@H](O)C(O)[C@@H]1N.CC1O[C@@H](C(C)C)[C@@H](O)C(O)[C@@H]1O.C[C@H]1OC(CO)[C@H](O)C(O)[C@@H]1O.C[C@H]1OC(CO)[C@H](O)C(O)[C@H]1O. The van der Waals surface area contributed by atoms with Crippen LogP contribution in [0.4, 0.5) is 0 Å². The minimum Gasteiger partial charge on any atom is -0.394 e. The molecule has 9 fully saturated rings. The third kappa shape index (κ3) is 32.6. The summed E-state index contributed by atoms with van der Waals surface area (Å²) in [5.74, 6) is 0.940. The van der Waals surface area contributed by atoms with Gasteiger partial charge in [-0.1, -0.05) is 96.9 Å². The average molecular weight is 1730 g/mol. The van der Waals surface area contributed by atoms with Gasteiger partial charge in [0.25, 0.3) is 0 Å². The number of rotatable bonds is 14. The highest BCUT2D eigenvalue weighted by Gasteiger charge is 2.50. The average Bonchev–Trinajstić information content (AvgIpc) is 0.811. The van der Waals surface area contributed by atoms with Crippen LogP contribution < -0.4 is 22.9 Å². The van der Waals surface area contributed by atoms with Gasteiger partial charge in [-0.25, -0.2) is 0 Å². The lowest BCUT2D eigenvalue weighted by Gasteiger charge is -2.42. The minimum absolute atomic E-state index is 0.0706. The normalized spacial score (nSPS) is 45.2. The molecule has 0 spiro atoms. The Hall–Kier alpha value is -1.64. The molecule has 0 bridgehead atoms. The van der Waals surface area contributed by atoms with Crippen molar-refractivity contribution in [3.63, 3.8) is 0 Å². The first kappa shape index (κ1) is 114. The Bertz CT molecular complexity index is 2400.